The van der Waals surface area contributed by atoms with Crippen LogP contribution in [0.3, 0.4) is 0 Å². The lowest BCUT2D eigenvalue weighted by Crippen LogP contribution is -2.38. The van der Waals surface area contributed by atoms with Crippen LogP contribution in [-0.2, 0) is 11.3 Å². The van der Waals surface area contributed by atoms with Crippen LogP contribution in [0.15, 0.2) is 36.5 Å². The van der Waals surface area contributed by atoms with E-state index in [-0.39, 0.29) is 19.2 Å². The van der Waals surface area contributed by atoms with Gasteiger partial charge < -0.3 is 9.64 Å². The van der Waals surface area contributed by atoms with Crippen molar-refractivity contribution in [2.45, 2.75) is 25.5 Å². The van der Waals surface area contributed by atoms with Gasteiger partial charge in [0.15, 0.2) is 11.6 Å². The smallest absolute Gasteiger partial charge is 0.260 e. The topological polar surface area (TPSA) is 42.4 Å². The van der Waals surface area contributed by atoms with Crippen molar-refractivity contribution in [3.8, 4) is 0 Å². The molecular weight excluding hydrogens is 333 g/mol. The van der Waals surface area contributed by atoms with Gasteiger partial charge in [-0.15, -0.1) is 0 Å². The molecule has 1 aliphatic heterocycles. The van der Waals surface area contributed by atoms with Crippen molar-refractivity contribution in [1.29, 1.82) is 0 Å². The molecule has 0 spiro atoms. The summed E-state index contributed by atoms with van der Waals surface area (Å²) >= 11 is 0. The zero-order valence-electron chi connectivity index (χ0n) is 13.4. The maximum atomic E-state index is 14.0. The highest BCUT2D eigenvalue weighted by Crippen LogP contribution is 2.21. The normalized spacial score (nSPS) is 16.8. The predicted molar refractivity (Wildman–Crippen MR) is 84.3 cm³/mol. The first kappa shape index (κ1) is 17.4. The Morgan fingerprint density at radius 1 is 1.20 bits per heavy atom. The Hall–Kier alpha value is -2.41. The number of benzene rings is 1. The van der Waals surface area contributed by atoms with Gasteiger partial charge in [0.05, 0.1) is 18.3 Å². The van der Waals surface area contributed by atoms with Crippen LogP contribution >= 0.6 is 0 Å². The summed E-state index contributed by atoms with van der Waals surface area (Å²) < 4.78 is 47.0. The third kappa shape index (κ3) is 3.99. The molecule has 1 aliphatic rings. The van der Waals surface area contributed by atoms with Crippen LogP contribution in [0.2, 0.25) is 0 Å². The first-order valence-electron chi connectivity index (χ1n) is 8.00. The molecule has 0 bridgehead atoms. The number of halogens is 3. The van der Waals surface area contributed by atoms with Gasteiger partial charge >= 0.3 is 0 Å². The maximum absolute atomic E-state index is 14.0. The van der Waals surface area contributed by atoms with E-state index in [4.69, 9.17) is 4.74 Å². The van der Waals surface area contributed by atoms with Gasteiger partial charge in [0.2, 0.25) is 0 Å². The molecule has 2 heterocycles. The van der Waals surface area contributed by atoms with Crippen molar-refractivity contribution in [1.82, 2.24) is 9.88 Å². The summed E-state index contributed by atoms with van der Waals surface area (Å²) in [5.74, 6) is -4.76. The Kier molecular flexibility index (Phi) is 5.33. The van der Waals surface area contributed by atoms with E-state index in [2.05, 4.69) is 4.98 Å². The molecule has 1 saturated heterocycles. The van der Waals surface area contributed by atoms with Crippen molar-refractivity contribution in [3.05, 3.63) is 65.2 Å². The lowest BCUT2D eigenvalue weighted by atomic mass is 10.1. The van der Waals surface area contributed by atoms with Crippen LogP contribution in [0.25, 0.3) is 0 Å². The summed E-state index contributed by atoms with van der Waals surface area (Å²) in [6.07, 6.45) is 2.96. The molecule has 2 aromatic rings. The van der Waals surface area contributed by atoms with Crippen LogP contribution in [0.1, 0.15) is 28.9 Å². The standard InChI is InChI=1S/C18H17F3N2O2/c19-14-6-7-15(20)17(21)16(14)18(24)23(11-13-5-3-9-25-13)10-12-4-1-2-8-22-12/h1-2,4,6-8,13H,3,5,9-11H2. The van der Waals surface area contributed by atoms with Gasteiger partial charge in [0.1, 0.15) is 11.4 Å². The second-order valence-corrected chi connectivity index (χ2v) is 5.86. The zero-order chi connectivity index (χ0) is 17.8. The van der Waals surface area contributed by atoms with Crippen molar-refractivity contribution in [2.75, 3.05) is 13.2 Å². The highest BCUT2D eigenvalue weighted by molar-refractivity contribution is 5.94. The number of aromatic nitrogens is 1. The molecule has 1 unspecified atom stereocenters. The molecule has 3 rings (SSSR count). The Balaban J connectivity index is 1.90. The van der Waals surface area contributed by atoms with E-state index in [1.807, 2.05) is 0 Å². The lowest BCUT2D eigenvalue weighted by Gasteiger charge is -2.25. The molecule has 4 nitrogen and oxygen atoms in total. The third-order valence-electron chi connectivity index (χ3n) is 4.07. The van der Waals surface area contributed by atoms with Gasteiger partial charge in [-0.05, 0) is 37.1 Å². The third-order valence-corrected chi connectivity index (χ3v) is 4.07. The largest absolute Gasteiger partial charge is 0.376 e. The summed E-state index contributed by atoms with van der Waals surface area (Å²) in [6.45, 7) is 0.790. The van der Waals surface area contributed by atoms with Crippen LogP contribution in [0, 0.1) is 17.5 Å². The van der Waals surface area contributed by atoms with E-state index in [1.165, 1.54) is 4.90 Å². The monoisotopic (exact) mass is 350 g/mol. The Morgan fingerprint density at radius 3 is 2.68 bits per heavy atom. The van der Waals surface area contributed by atoms with Gasteiger partial charge in [-0.2, -0.15) is 0 Å². The number of amides is 1. The highest BCUT2D eigenvalue weighted by Gasteiger charge is 2.29. The molecule has 1 aromatic heterocycles. The maximum Gasteiger partial charge on any atom is 0.260 e. The van der Waals surface area contributed by atoms with Crippen molar-refractivity contribution in [2.24, 2.45) is 0 Å². The molecule has 1 fully saturated rings. The van der Waals surface area contributed by atoms with Crippen molar-refractivity contribution in [3.63, 3.8) is 0 Å². The molecule has 1 amide bonds. The average Bonchev–Trinajstić information content (AvgIpc) is 3.12. The SMILES string of the molecule is O=C(c1c(F)ccc(F)c1F)N(Cc1ccccn1)CC1CCCO1. The molecule has 25 heavy (non-hydrogen) atoms. The Morgan fingerprint density at radius 2 is 2.00 bits per heavy atom. The Labute approximate surface area is 143 Å². The molecule has 0 saturated carbocycles. The van der Waals surface area contributed by atoms with Gasteiger partial charge in [0, 0.05) is 19.3 Å². The van der Waals surface area contributed by atoms with Crippen LogP contribution < -0.4 is 0 Å². The number of carbonyl (C=O) groups excluding carboxylic acids is 1. The van der Waals surface area contributed by atoms with Crippen LogP contribution in [0.5, 0.6) is 0 Å². The number of ether oxygens (including phenoxy) is 1. The minimum atomic E-state index is -1.48. The van der Waals surface area contributed by atoms with Gasteiger partial charge in [-0.3, -0.25) is 9.78 Å². The number of pyridine rings is 1. The minimum absolute atomic E-state index is 0.0505. The second-order valence-electron chi connectivity index (χ2n) is 5.86. The van der Waals surface area contributed by atoms with E-state index < -0.39 is 28.9 Å². The minimum Gasteiger partial charge on any atom is -0.376 e. The number of carbonyl (C=O) groups is 1. The van der Waals surface area contributed by atoms with Crippen LogP contribution in [-0.4, -0.2) is 35.0 Å². The molecule has 7 heteroatoms. The summed E-state index contributed by atoms with van der Waals surface area (Å²) in [4.78, 5) is 18.1. The fourth-order valence-electron chi connectivity index (χ4n) is 2.82. The molecule has 132 valence electrons. The fourth-order valence-corrected chi connectivity index (χ4v) is 2.82. The fraction of sp³-hybridized carbons (Fsp3) is 0.333. The number of hydrogen-bond donors (Lipinski definition) is 0. The first-order chi connectivity index (χ1) is 12.1. The number of rotatable bonds is 5. The van der Waals surface area contributed by atoms with E-state index in [0.717, 1.165) is 18.9 Å². The van der Waals surface area contributed by atoms with Crippen molar-refractivity contribution < 1.29 is 22.7 Å². The second kappa shape index (κ2) is 7.65. The van der Waals surface area contributed by atoms with Gasteiger partial charge in [-0.1, -0.05) is 6.07 Å². The summed E-state index contributed by atoms with van der Waals surface area (Å²) in [7, 11) is 0. The molecular formula is C18H17F3N2O2. The van der Waals surface area contributed by atoms with E-state index in [9.17, 15) is 18.0 Å². The summed E-state index contributed by atoms with van der Waals surface area (Å²) in [5.41, 5.74) is -0.333. The lowest BCUT2D eigenvalue weighted by molar-refractivity contribution is 0.0496. The first-order valence-corrected chi connectivity index (χ1v) is 8.00. The predicted octanol–water partition coefficient (Wildman–Crippen LogP) is 3.32. The Bertz CT molecular complexity index is 749. The molecule has 1 atom stereocenters. The van der Waals surface area contributed by atoms with Gasteiger partial charge in [-0.25, -0.2) is 13.2 Å². The van der Waals surface area contributed by atoms with E-state index in [0.29, 0.717) is 18.4 Å². The van der Waals surface area contributed by atoms with E-state index in [1.54, 1.807) is 24.4 Å². The average molecular weight is 350 g/mol. The highest BCUT2D eigenvalue weighted by atomic mass is 19.2. The molecule has 0 aliphatic carbocycles. The number of nitrogens with zero attached hydrogens (tertiary/aromatic N) is 2. The quantitative estimate of drug-likeness (QED) is 0.777. The van der Waals surface area contributed by atoms with E-state index >= 15 is 0 Å². The molecule has 0 radical (unpaired) electrons. The molecule has 1 aromatic carbocycles. The summed E-state index contributed by atoms with van der Waals surface area (Å²) in [6, 6.07) is 6.58. The summed E-state index contributed by atoms with van der Waals surface area (Å²) in [5, 5.41) is 0. The number of hydrogen-bond acceptors (Lipinski definition) is 3. The van der Waals surface area contributed by atoms with Crippen LogP contribution in [0.4, 0.5) is 13.2 Å². The zero-order valence-corrected chi connectivity index (χ0v) is 13.4. The molecule has 0 N–H and O–H groups in total. The van der Waals surface area contributed by atoms with Crippen molar-refractivity contribution >= 4 is 5.91 Å². The van der Waals surface area contributed by atoms with Gasteiger partial charge in [0.25, 0.3) is 5.91 Å².